The normalized spacial score (nSPS) is 22.9. The van der Waals surface area contributed by atoms with Gasteiger partial charge in [-0.15, -0.1) is 10.2 Å². The number of alkyl halides is 1. The summed E-state index contributed by atoms with van der Waals surface area (Å²) in [5.74, 6) is 0.555. The van der Waals surface area contributed by atoms with Crippen LogP contribution in [-0.4, -0.2) is 73.5 Å². The molecule has 2 aliphatic heterocycles. The van der Waals surface area contributed by atoms with Gasteiger partial charge in [0, 0.05) is 25.2 Å². The van der Waals surface area contributed by atoms with Gasteiger partial charge in [0.15, 0.2) is 5.82 Å². The van der Waals surface area contributed by atoms with Crippen LogP contribution < -0.4 is 0 Å². The molecule has 0 radical (unpaired) electrons. The van der Waals surface area contributed by atoms with E-state index >= 15 is 0 Å². The Hall–Kier alpha value is -2.55. The molecule has 0 spiro atoms. The Balaban J connectivity index is 1.58. The first-order chi connectivity index (χ1) is 14.4. The number of hydrogen-bond acceptors (Lipinski definition) is 6. The number of halogens is 1. The number of piperazine rings is 1. The number of likely N-dealkylation sites (tertiary alicyclic amines) is 1. The van der Waals surface area contributed by atoms with Crippen LogP contribution >= 0.6 is 0 Å². The van der Waals surface area contributed by atoms with Gasteiger partial charge in [-0.1, -0.05) is 30.3 Å². The Bertz CT molecular complexity index is 854. The average Bonchev–Trinajstić information content (AvgIpc) is 3.24. The predicted molar refractivity (Wildman–Crippen MR) is 109 cm³/mol. The maximum atomic E-state index is 12.8. The number of aromatic nitrogens is 4. The van der Waals surface area contributed by atoms with Crippen molar-refractivity contribution in [3.8, 4) is 0 Å². The molecule has 9 heteroatoms. The number of carbonyl (C=O) groups excluding carboxylic acids is 1. The molecule has 0 aliphatic carbocycles. The fraction of sp³-hybridized carbons (Fsp3) is 0.619. The van der Waals surface area contributed by atoms with Crippen molar-refractivity contribution in [2.24, 2.45) is 0 Å². The molecule has 2 aromatic rings. The van der Waals surface area contributed by atoms with Crippen LogP contribution in [0, 0.1) is 0 Å². The van der Waals surface area contributed by atoms with Gasteiger partial charge in [-0.25, -0.2) is 9.18 Å². The van der Waals surface area contributed by atoms with Gasteiger partial charge >= 0.3 is 6.09 Å². The molecule has 30 heavy (non-hydrogen) atoms. The summed E-state index contributed by atoms with van der Waals surface area (Å²) in [6, 6.07) is 10.0. The molecule has 2 aliphatic rings. The zero-order chi connectivity index (χ0) is 21.3. The van der Waals surface area contributed by atoms with E-state index < -0.39 is 12.3 Å². The maximum Gasteiger partial charge on any atom is 0.410 e. The number of rotatable bonds is 5. The van der Waals surface area contributed by atoms with E-state index in [0.717, 1.165) is 18.4 Å². The second-order valence-electron chi connectivity index (χ2n) is 8.97. The summed E-state index contributed by atoms with van der Waals surface area (Å²) in [7, 11) is 0. The summed E-state index contributed by atoms with van der Waals surface area (Å²) < 4.78 is 18.4. The van der Waals surface area contributed by atoms with Crippen LogP contribution in [0.4, 0.5) is 9.18 Å². The van der Waals surface area contributed by atoms with E-state index in [1.807, 2.05) is 56.0 Å². The number of ether oxygens (including phenoxy) is 1. The molecule has 1 amide bonds. The third kappa shape index (κ3) is 4.30. The number of hydrogen-bond donors (Lipinski definition) is 0. The lowest BCUT2D eigenvalue weighted by molar-refractivity contribution is -0.00901. The molecular formula is C21H29FN6O2. The molecule has 2 bridgehead atoms. The van der Waals surface area contributed by atoms with Gasteiger partial charge in [0.05, 0.1) is 12.6 Å². The molecule has 1 aromatic heterocycles. The van der Waals surface area contributed by atoms with Crippen molar-refractivity contribution in [2.75, 3.05) is 19.8 Å². The Morgan fingerprint density at radius 2 is 1.87 bits per heavy atom. The first-order valence-electron chi connectivity index (χ1n) is 10.5. The zero-order valence-corrected chi connectivity index (χ0v) is 17.7. The summed E-state index contributed by atoms with van der Waals surface area (Å²) in [4.78, 5) is 18.3. The predicted octanol–water partition coefficient (Wildman–Crippen LogP) is 2.82. The number of benzene rings is 1. The first kappa shape index (κ1) is 20.7. The monoisotopic (exact) mass is 416 g/mol. The number of aryl methyl sites for hydroxylation is 1. The molecule has 2 saturated heterocycles. The van der Waals surface area contributed by atoms with Gasteiger partial charge < -0.3 is 4.74 Å². The minimum Gasteiger partial charge on any atom is -0.444 e. The minimum atomic E-state index is -0.537. The van der Waals surface area contributed by atoms with Gasteiger partial charge in [0.2, 0.25) is 0 Å². The van der Waals surface area contributed by atoms with Crippen LogP contribution in [0.25, 0.3) is 0 Å². The Morgan fingerprint density at radius 3 is 2.47 bits per heavy atom. The molecule has 0 N–H and O–H groups in total. The second kappa shape index (κ2) is 8.29. The minimum absolute atomic E-state index is 0.0886. The highest BCUT2D eigenvalue weighted by molar-refractivity contribution is 5.69. The maximum absolute atomic E-state index is 12.8. The SMILES string of the molecule is CC(C)(C)OC(=O)N1C2CCC1CN(C(c1ccccc1)c1nnn(CCF)n1)C2. The number of fused-ring (bicyclic) bond motifs is 2. The summed E-state index contributed by atoms with van der Waals surface area (Å²) in [6.07, 6.45) is 1.66. The Kier molecular flexibility index (Phi) is 5.73. The third-order valence-electron chi connectivity index (χ3n) is 5.59. The number of carbonyl (C=O) groups is 1. The summed E-state index contributed by atoms with van der Waals surface area (Å²) >= 11 is 0. The van der Waals surface area contributed by atoms with E-state index in [9.17, 15) is 9.18 Å². The molecule has 4 rings (SSSR count). The van der Waals surface area contributed by atoms with Crippen LogP contribution in [0.5, 0.6) is 0 Å². The van der Waals surface area contributed by atoms with E-state index in [1.54, 1.807) is 0 Å². The van der Waals surface area contributed by atoms with E-state index in [-0.39, 0.29) is 30.8 Å². The zero-order valence-electron chi connectivity index (χ0n) is 17.7. The molecular weight excluding hydrogens is 387 g/mol. The standard InChI is InChI=1S/C21H29FN6O2/c1-21(2,3)30-20(29)28-16-9-10-17(28)14-26(13-16)18(15-7-5-4-6-8-15)19-23-25-27(24-19)12-11-22/h4-8,16-18H,9-14H2,1-3H3. The summed E-state index contributed by atoms with van der Waals surface area (Å²) in [5.41, 5.74) is 0.543. The third-order valence-corrected chi connectivity index (χ3v) is 5.59. The van der Waals surface area contributed by atoms with E-state index in [4.69, 9.17) is 4.74 Å². The van der Waals surface area contributed by atoms with Crippen LogP contribution in [0.3, 0.4) is 0 Å². The molecule has 3 unspecified atom stereocenters. The Morgan fingerprint density at radius 1 is 1.20 bits per heavy atom. The lowest BCUT2D eigenvalue weighted by Gasteiger charge is -2.43. The molecule has 2 fully saturated rings. The molecule has 0 saturated carbocycles. The second-order valence-corrected chi connectivity index (χ2v) is 8.97. The lowest BCUT2D eigenvalue weighted by Crippen LogP contribution is -2.57. The van der Waals surface area contributed by atoms with E-state index in [0.29, 0.717) is 18.9 Å². The highest BCUT2D eigenvalue weighted by Crippen LogP contribution is 2.37. The van der Waals surface area contributed by atoms with Gasteiger partial charge in [0.25, 0.3) is 0 Å². The van der Waals surface area contributed by atoms with E-state index in [2.05, 4.69) is 20.3 Å². The Labute approximate surface area is 176 Å². The fourth-order valence-electron chi connectivity index (χ4n) is 4.45. The van der Waals surface area contributed by atoms with Crippen LogP contribution in [-0.2, 0) is 11.3 Å². The highest BCUT2D eigenvalue weighted by Gasteiger charge is 2.46. The van der Waals surface area contributed by atoms with Crippen molar-refractivity contribution < 1.29 is 13.9 Å². The van der Waals surface area contributed by atoms with Crippen molar-refractivity contribution in [3.05, 3.63) is 41.7 Å². The number of amides is 1. The van der Waals surface area contributed by atoms with Crippen molar-refractivity contribution >= 4 is 6.09 Å². The topological polar surface area (TPSA) is 76.4 Å². The van der Waals surface area contributed by atoms with Crippen LogP contribution in [0.15, 0.2) is 30.3 Å². The van der Waals surface area contributed by atoms with Gasteiger partial charge in [0.1, 0.15) is 12.3 Å². The first-order valence-corrected chi connectivity index (χ1v) is 10.5. The molecule has 3 heterocycles. The largest absolute Gasteiger partial charge is 0.444 e. The number of tetrazole rings is 1. The molecule has 8 nitrogen and oxygen atoms in total. The van der Waals surface area contributed by atoms with Crippen LogP contribution in [0.1, 0.15) is 51.0 Å². The quantitative estimate of drug-likeness (QED) is 0.746. The van der Waals surface area contributed by atoms with E-state index in [1.165, 1.54) is 4.80 Å². The molecule has 162 valence electrons. The van der Waals surface area contributed by atoms with Crippen molar-refractivity contribution in [1.29, 1.82) is 0 Å². The lowest BCUT2D eigenvalue weighted by atomic mass is 10.0. The summed E-state index contributed by atoms with van der Waals surface area (Å²) in [6.45, 7) is 6.62. The van der Waals surface area contributed by atoms with Crippen LogP contribution in [0.2, 0.25) is 0 Å². The van der Waals surface area contributed by atoms with Gasteiger partial charge in [-0.05, 0) is 44.4 Å². The molecule has 1 aromatic carbocycles. The smallest absolute Gasteiger partial charge is 0.410 e. The number of nitrogens with zero attached hydrogens (tertiary/aromatic N) is 6. The van der Waals surface area contributed by atoms with Crippen molar-refractivity contribution in [1.82, 2.24) is 30.0 Å². The highest BCUT2D eigenvalue weighted by atomic mass is 19.1. The van der Waals surface area contributed by atoms with Gasteiger partial charge in [-0.3, -0.25) is 9.80 Å². The average molecular weight is 417 g/mol. The molecule has 3 atom stereocenters. The fourth-order valence-corrected chi connectivity index (χ4v) is 4.45. The summed E-state index contributed by atoms with van der Waals surface area (Å²) in [5, 5.41) is 12.7. The van der Waals surface area contributed by atoms with Gasteiger partial charge in [-0.2, -0.15) is 4.80 Å². The van der Waals surface area contributed by atoms with Crippen molar-refractivity contribution in [2.45, 2.75) is 63.9 Å². The van der Waals surface area contributed by atoms with Crippen molar-refractivity contribution in [3.63, 3.8) is 0 Å².